The summed E-state index contributed by atoms with van der Waals surface area (Å²) < 4.78 is 5.46. The second kappa shape index (κ2) is 5.21. The summed E-state index contributed by atoms with van der Waals surface area (Å²) in [4.78, 5) is 13.4. The molecule has 2 rings (SSSR count). The molecule has 1 aliphatic heterocycles. The van der Waals surface area contributed by atoms with Crippen LogP contribution in [0.3, 0.4) is 0 Å². The predicted octanol–water partition coefficient (Wildman–Crippen LogP) is 1.39. The van der Waals surface area contributed by atoms with E-state index in [0.29, 0.717) is 6.54 Å². The highest BCUT2D eigenvalue weighted by Crippen LogP contribution is 2.26. The van der Waals surface area contributed by atoms with Crippen LogP contribution in [0.25, 0.3) is 0 Å². The van der Waals surface area contributed by atoms with E-state index >= 15 is 0 Å². The van der Waals surface area contributed by atoms with Crippen molar-refractivity contribution < 1.29 is 14.6 Å². The van der Waals surface area contributed by atoms with Crippen molar-refractivity contribution in [3.05, 3.63) is 29.3 Å². The van der Waals surface area contributed by atoms with Crippen molar-refractivity contribution >= 4 is 5.91 Å². The zero-order chi connectivity index (χ0) is 14.0. The highest BCUT2D eigenvalue weighted by molar-refractivity contribution is 5.83. The van der Waals surface area contributed by atoms with E-state index in [0.717, 1.165) is 25.2 Å². The molecule has 1 amide bonds. The summed E-state index contributed by atoms with van der Waals surface area (Å²) in [5.74, 6) is 0.724. The molecule has 104 valence electrons. The second-order valence-electron chi connectivity index (χ2n) is 5.58. The van der Waals surface area contributed by atoms with E-state index < -0.39 is 5.60 Å². The van der Waals surface area contributed by atoms with Crippen LogP contribution in [0, 0.1) is 0 Å². The average Bonchev–Trinajstić information content (AvgIpc) is 2.81. The maximum atomic E-state index is 11.8. The number of nitrogens with zero attached hydrogens (tertiary/aromatic N) is 1. The van der Waals surface area contributed by atoms with Crippen molar-refractivity contribution in [1.29, 1.82) is 0 Å². The quantitative estimate of drug-likeness (QED) is 0.893. The van der Waals surface area contributed by atoms with Crippen LogP contribution in [0.5, 0.6) is 5.75 Å². The molecule has 0 saturated carbocycles. The Balaban J connectivity index is 1.94. The molecule has 0 fully saturated rings. The molecule has 4 nitrogen and oxygen atoms in total. The van der Waals surface area contributed by atoms with E-state index in [-0.39, 0.29) is 5.91 Å². The third-order valence-corrected chi connectivity index (χ3v) is 3.36. The molecule has 1 aromatic carbocycles. The number of likely N-dealkylation sites (N-methyl/N-ethyl adjacent to an activating group) is 1. The molecule has 0 bridgehead atoms. The Kier molecular flexibility index (Phi) is 3.80. The van der Waals surface area contributed by atoms with Crippen molar-refractivity contribution in [2.75, 3.05) is 20.2 Å². The lowest BCUT2D eigenvalue weighted by molar-refractivity contribution is -0.146. The van der Waals surface area contributed by atoms with Gasteiger partial charge in [-0.3, -0.25) is 4.79 Å². The fraction of sp³-hybridized carbons (Fsp3) is 0.533. The van der Waals surface area contributed by atoms with Crippen LogP contribution in [0.2, 0.25) is 0 Å². The van der Waals surface area contributed by atoms with Gasteiger partial charge in [-0.25, -0.2) is 0 Å². The number of amides is 1. The monoisotopic (exact) mass is 263 g/mol. The number of ether oxygens (including phenoxy) is 1. The van der Waals surface area contributed by atoms with Gasteiger partial charge in [0.05, 0.1) is 6.61 Å². The van der Waals surface area contributed by atoms with E-state index in [2.05, 4.69) is 6.07 Å². The number of hydrogen-bond acceptors (Lipinski definition) is 3. The molecular formula is C15H21NO3. The zero-order valence-corrected chi connectivity index (χ0v) is 11.8. The van der Waals surface area contributed by atoms with E-state index in [1.807, 2.05) is 12.1 Å². The normalized spacial score (nSPS) is 13.9. The number of carbonyl (C=O) groups is 1. The summed E-state index contributed by atoms with van der Waals surface area (Å²) in [7, 11) is 1.72. The summed E-state index contributed by atoms with van der Waals surface area (Å²) >= 11 is 0. The first-order valence-corrected chi connectivity index (χ1v) is 6.60. The van der Waals surface area contributed by atoms with Crippen LogP contribution in [-0.2, 0) is 17.6 Å². The maximum Gasteiger partial charge on any atom is 0.253 e. The van der Waals surface area contributed by atoms with Crippen LogP contribution in [0.1, 0.15) is 25.0 Å². The highest BCUT2D eigenvalue weighted by Gasteiger charge is 2.26. The van der Waals surface area contributed by atoms with Gasteiger partial charge in [-0.05, 0) is 37.5 Å². The van der Waals surface area contributed by atoms with Crippen LogP contribution in [-0.4, -0.2) is 41.7 Å². The van der Waals surface area contributed by atoms with E-state index in [4.69, 9.17) is 4.74 Å². The second-order valence-corrected chi connectivity index (χ2v) is 5.58. The van der Waals surface area contributed by atoms with Gasteiger partial charge in [-0.1, -0.05) is 12.1 Å². The Hall–Kier alpha value is -1.55. The summed E-state index contributed by atoms with van der Waals surface area (Å²) in [6.45, 7) is 4.38. The molecule has 0 aromatic heterocycles. The van der Waals surface area contributed by atoms with Gasteiger partial charge in [0.1, 0.15) is 11.4 Å². The highest BCUT2D eigenvalue weighted by atomic mass is 16.5. The lowest BCUT2D eigenvalue weighted by Gasteiger charge is -2.25. The molecule has 0 radical (unpaired) electrons. The van der Waals surface area contributed by atoms with Crippen molar-refractivity contribution in [3.63, 3.8) is 0 Å². The van der Waals surface area contributed by atoms with Crippen LogP contribution < -0.4 is 4.74 Å². The zero-order valence-electron chi connectivity index (χ0n) is 11.8. The Morgan fingerprint density at radius 3 is 2.89 bits per heavy atom. The molecule has 19 heavy (non-hydrogen) atoms. The predicted molar refractivity (Wildman–Crippen MR) is 73.3 cm³/mol. The smallest absolute Gasteiger partial charge is 0.253 e. The molecule has 0 aliphatic carbocycles. The van der Waals surface area contributed by atoms with E-state index in [9.17, 15) is 9.90 Å². The molecule has 1 aliphatic rings. The first-order chi connectivity index (χ1) is 8.88. The summed E-state index contributed by atoms with van der Waals surface area (Å²) in [5.41, 5.74) is 1.13. The minimum atomic E-state index is -1.31. The summed E-state index contributed by atoms with van der Waals surface area (Å²) in [6.07, 6.45) is 1.74. The van der Waals surface area contributed by atoms with Gasteiger partial charge in [-0.15, -0.1) is 0 Å². The molecule has 1 aromatic rings. The minimum Gasteiger partial charge on any atom is -0.493 e. The topological polar surface area (TPSA) is 49.8 Å². The van der Waals surface area contributed by atoms with Gasteiger partial charge >= 0.3 is 0 Å². The molecule has 1 heterocycles. The minimum absolute atomic E-state index is 0.253. The van der Waals surface area contributed by atoms with Gasteiger partial charge in [0.25, 0.3) is 5.91 Å². The Morgan fingerprint density at radius 2 is 2.21 bits per heavy atom. The Bertz CT molecular complexity index is 477. The average molecular weight is 263 g/mol. The first kappa shape index (κ1) is 13.9. The summed E-state index contributed by atoms with van der Waals surface area (Å²) in [5, 5.41) is 9.67. The third kappa shape index (κ3) is 3.26. The number of aliphatic hydroxyl groups is 1. The molecule has 0 atom stereocenters. The molecule has 0 spiro atoms. The first-order valence-electron chi connectivity index (χ1n) is 6.60. The van der Waals surface area contributed by atoms with Gasteiger partial charge < -0.3 is 14.7 Å². The largest absolute Gasteiger partial charge is 0.493 e. The third-order valence-electron chi connectivity index (χ3n) is 3.36. The lowest BCUT2D eigenvalue weighted by atomic mass is 10.1. The van der Waals surface area contributed by atoms with Gasteiger partial charge in [-0.2, -0.15) is 0 Å². The van der Waals surface area contributed by atoms with E-state index in [1.54, 1.807) is 11.9 Å². The van der Waals surface area contributed by atoms with Gasteiger partial charge in [0, 0.05) is 20.0 Å². The number of fused-ring (bicyclic) bond motifs is 1. The van der Waals surface area contributed by atoms with Gasteiger partial charge in [0.2, 0.25) is 0 Å². The number of carbonyl (C=O) groups excluding carboxylic acids is 1. The van der Waals surface area contributed by atoms with Crippen molar-refractivity contribution in [3.8, 4) is 5.75 Å². The fourth-order valence-corrected chi connectivity index (χ4v) is 2.26. The van der Waals surface area contributed by atoms with E-state index in [1.165, 1.54) is 25.0 Å². The Morgan fingerprint density at radius 1 is 1.47 bits per heavy atom. The van der Waals surface area contributed by atoms with Crippen LogP contribution in [0.15, 0.2) is 18.2 Å². The molecular weight excluding hydrogens is 242 g/mol. The standard InChI is InChI=1S/C15H21NO3/c1-15(2,18)14(17)16(3)8-6-11-4-5-13-12(10-11)7-9-19-13/h4-5,10,18H,6-9H2,1-3H3. The SMILES string of the molecule is CN(CCc1ccc2c(c1)CCO2)C(=O)C(C)(C)O. The molecule has 0 saturated heterocycles. The molecule has 4 heteroatoms. The fourth-order valence-electron chi connectivity index (χ4n) is 2.26. The molecule has 0 unspecified atom stereocenters. The van der Waals surface area contributed by atoms with Crippen molar-refractivity contribution in [2.45, 2.75) is 32.3 Å². The van der Waals surface area contributed by atoms with Gasteiger partial charge in [0.15, 0.2) is 0 Å². The van der Waals surface area contributed by atoms with Crippen LogP contribution >= 0.6 is 0 Å². The molecule has 1 N–H and O–H groups in total. The van der Waals surface area contributed by atoms with Crippen LogP contribution in [0.4, 0.5) is 0 Å². The number of benzene rings is 1. The number of rotatable bonds is 4. The lowest BCUT2D eigenvalue weighted by Crippen LogP contribution is -2.43. The summed E-state index contributed by atoms with van der Waals surface area (Å²) in [6, 6.07) is 6.17. The number of hydrogen-bond donors (Lipinski definition) is 1. The maximum absolute atomic E-state index is 11.8. The van der Waals surface area contributed by atoms with Crippen molar-refractivity contribution in [2.24, 2.45) is 0 Å². The Labute approximate surface area is 114 Å². The van der Waals surface area contributed by atoms with Crippen molar-refractivity contribution in [1.82, 2.24) is 4.90 Å².